The van der Waals surface area contributed by atoms with Crippen LogP contribution in [0.3, 0.4) is 0 Å². The second-order valence-corrected chi connectivity index (χ2v) is 5.63. The number of nitriles is 1. The van der Waals surface area contributed by atoms with Gasteiger partial charge in [0.1, 0.15) is 6.07 Å². The maximum Gasteiger partial charge on any atom is 0.328 e. The molecule has 21 heavy (non-hydrogen) atoms. The van der Waals surface area contributed by atoms with Crippen molar-refractivity contribution in [3.8, 4) is 6.07 Å². The molecule has 0 spiro atoms. The van der Waals surface area contributed by atoms with Crippen molar-refractivity contribution in [1.82, 2.24) is 0 Å². The molecule has 0 atom stereocenters. The largest absolute Gasteiger partial charge is 0.478 e. The standard InChI is InChI=1S/C17H20N2O2/c1-5-10-19(17(2,3)4)15-8-6-13(7-9-16(20)21)11-14(15)12-18/h5-9,11H,1,10H2,2-4H3,(H,20,21)/b9-7+. The smallest absolute Gasteiger partial charge is 0.328 e. The Kier molecular flexibility index (Phi) is 5.31. The molecule has 4 nitrogen and oxygen atoms in total. The second-order valence-electron chi connectivity index (χ2n) is 5.63. The van der Waals surface area contributed by atoms with Gasteiger partial charge < -0.3 is 10.0 Å². The molecular formula is C17H20N2O2. The number of hydrogen-bond donors (Lipinski definition) is 1. The molecule has 0 bridgehead atoms. The van der Waals surface area contributed by atoms with Gasteiger partial charge in [-0.05, 0) is 44.5 Å². The van der Waals surface area contributed by atoms with Crippen LogP contribution in [0.15, 0.2) is 36.9 Å². The summed E-state index contributed by atoms with van der Waals surface area (Å²) in [6, 6.07) is 7.51. The van der Waals surface area contributed by atoms with Crippen LogP contribution < -0.4 is 4.90 Å². The van der Waals surface area contributed by atoms with Crippen LogP contribution in [0.1, 0.15) is 31.9 Å². The Bertz CT molecular complexity index is 604. The van der Waals surface area contributed by atoms with E-state index in [-0.39, 0.29) is 5.54 Å². The number of hydrogen-bond acceptors (Lipinski definition) is 3. The Hall–Kier alpha value is -2.54. The summed E-state index contributed by atoms with van der Waals surface area (Å²) in [6.45, 7) is 10.6. The maximum atomic E-state index is 10.5. The lowest BCUT2D eigenvalue weighted by Gasteiger charge is -2.37. The van der Waals surface area contributed by atoms with Crippen molar-refractivity contribution in [2.75, 3.05) is 11.4 Å². The van der Waals surface area contributed by atoms with Crippen molar-refractivity contribution in [1.29, 1.82) is 5.26 Å². The first kappa shape index (κ1) is 16.5. The lowest BCUT2D eigenvalue weighted by atomic mass is 10.0. The molecule has 0 aliphatic rings. The Morgan fingerprint density at radius 3 is 2.62 bits per heavy atom. The minimum absolute atomic E-state index is 0.155. The second kappa shape index (κ2) is 6.76. The minimum atomic E-state index is -1.01. The molecule has 0 fully saturated rings. The van der Waals surface area contributed by atoms with E-state index in [4.69, 9.17) is 5.11 Å². The van der Waals surface area contributed by atoms with Crippen LogP contribution >= 0.6 is 0 Å². The normalized spacial score (nSPS) is 11.1. The molecule has 0 aliphatic carbocycles. The van der Waals surface area contributed by atoms with Crippen molar-refractivity contribution in [2.45, 2.75) is 26.3 Å². The highest BCUT2D eigenvalue weighted by Crippen LogP contribution is 2.28. The number of carboxylic acids is 1. The summed E-state index contributed by atoms with van der Waals surface area (Å²) >= 11 is 0. The third-order valence-corrected chi connectivity index (χ3v) is 2.97. The topological polar surface area (TPSA) is 64.3 Å². The summed E-state index contributed by atoms with van der Waals surface area (Å²) in [7, 11) is 0. The molecule has 1 rings (SSSR count). The van der Waals surface area contributed by atoms with Crippen LogP contribution in [0.5, 0.6) is 0 Å². The van der Waals surface area contributed by atoms with Gasteiger partial charge in [0, 0.05) is 18.2 Å². The van der Waals surface area contributed by atoms with Crippen molar-refractivity contribution in [3.05, 3.63) is 48.1 Å². The van der Waals surface area contributed by atoms with Gasteiger partial charge in [-0.2, -0.15) is 5.26 Å². The maximum absolute atomic E-state index is 10.5. The molecule has 1 aromatic rings. The molecular weight excluding hydrogens is 264 g/mol. The summed E-state index contributed by atoms with van der Waals surface area (Å²) in [5.74, 6) is -1.01. The van der Waals surface area contributed by atoms with Crippen LogP contribution in [-0.4, -0.2) is 23.2 Å². The van der Waals surface area contributed by atoms with Crippen LogP contribution in [0, 0.1) is 11.3 Å². The zero-order valence-corrected chi connectivity index (χ0v) is 12.6. The van der Waals surface area contributed by atoms with E-state index in [1.807, 2.05) is 6.07 Å². The van der Waals surface area contributed by atoms with Gasteiger partial charge in [-0.3, -0.25) is 0 Å². The Morgan fingerprint density at radius 1 is 1.48 bits per heavy atom. The van der Waals surface area contributed by atoms with E-state index in [1.54, 1.807) is 18.2 Å². The molecule has 1 N–H and O–H groups in total. The van der Waals surface area contributed by atoms with Gasteiger partial charge >= 0.3 is 5.97 Å². The van der Waals surface area contributed by atoms with Crippen molar-refractivity contribution < 1.29 is 9.90 Å². The number of benzene rings is 1. The number of aliphatic carboxylic acids is 1. The molecule has 1 aromatic carbocycles. The lowest BCUT2D eigenvalue weighted by Crippen LogP contribution is -2.42. The summed E-state index contributed by atoms with van der Waals surface area (Å²) in [4.78, 5) is 12.6. The number of nitrogens with zero attached hydrogens (tertiary/aromatic N) is 2. The number of carboxylic acid groups (broad SMARTS) is 1. The Balaban J connectivity index is 3.28. The minimum Gasteiger partial charge on any atom is -0.478 e. The van der Waals surface area contributed by atoms with Gasteiger partial charge in [0.05, 0.1) is 11.3 Å². The quantitative estimate of drug-likeness (QED) is 0.664. The predicted octanol–water partition coefficient (Wildman–Crippen LogP) is 3.45. The van der Waals surface area contributed by atoms with Gasteiger partial charge in [-0.1, -0.05) is 12.1 Å². The van der Waals surface area contributed by atoms with E-state index in [2.05, 4.69) is 38.3 Å². The predicted molar refractivity (Wildman–Crippen MR) is 85.1 cm³/mol. The first-order chi connectivity index (χ1) is 9.79. The first-order valence-corrected chi connectivity index (χ1v) is 6.63. The molecule has 0 radical (unpaired) electrons. The van der Waals surface area contributed by atoms with E-state index < -0.39 is 5.97 Å². The zero-order chi connectivity index (χ0) is 16.0. The lowest BCUT2D eigenvalue weighted by molar-refractivity contribution is -0.131. The molecule has 0 saturated carbocycles. The highest BCUT2D eigenvalue weighted by atomic mass is 16.4. The molecule has 110 valence electrons. The fourth-order valence-electron chi connectivity index (χ4n) is 2.01. The Labute approximate surface area is 125 Å². The van der Waals surface area contributed by atoms with E-state index >= 15 is 0 Å². The van der Waals surface area contributed by atoms with E-state index in [9.17, 15) is 10.1 Å². The average Bonchev–Trinajstić information content (AvgIpc) is 2.41. The number of anilines is 1. The molecule has 0 unspecified atom stereocenters. The third kappa shape index (κ3) is 4.50. The summed E-state index contributed by atoms with van der Waals surface area (Å²) < 4.78 is 0. The van der Waals surface area contributed by atoms with Crippen molar-refractivity contribution >= 4 is 17.7 Å². The van der Waals surface area contributed by atoms with Gasteiger partial charge in [0.15, 0.2) is 0 Å². The monoisotopic (exact) mass is 284 g/mol. The van der Waals surface area contributed by atoms with Gasteiger partial charge in [0.25, 0.3) is 0 Å². The van der Waals surface area contributed by atoms with Crippen LogP contribution in [0.4, 0.5) is 5.69 Å². The molecule has 0 saturated heterocycles. The number of carbonyl (C=O) groups is 1. The Morgan fingerprint density at radius 2 is 2.14 bits per heavy atom. The molecule has 0 aliphatic heterocycles. The van der Waals surface area contributed by atoms with Crippen molar-refractivity contribution in [3.63, 3.8) is 0 Å². The van der Waals surface area contributed by atoms with E-state index in [1.165, 1.54) is 6.08 Å². The van der Waals surface area contributed by atoms with Crippen LogP contribution in [0.2, 0.25) is 0 Å². The third-order valence-electron chi connectivity index (χ3n) is 2.97. The van der Waals surface area contributed by atoms with Crippen molar-refractivity contribution in [2.24, 2.45) is 0 Å². The van der Waals surface area contributed by atoms with Gasteiger partial charge in [-0.15, -0.1) is 6.58 Å². The summed E-state index contributed by atoms with van der Waals surface area (Å²) in [6.07, 6.45) is 4.33. The highest BCUT2D eigenvalue weighted by Gasteiger charge is 2.22. The SMILES string of the molecule is C=CCN(c1ccc(/C=C/C(=O)O)cc1C#N)C(C)(C)C. The molecule has 0 heterocycles. The van der Waals surface area contributed by atoms with E-state index in [0.29, 0.717) is 17.7 Å². The molecule has 4 heteroatoms. The zero-order valence-electron chi connectivity index (χ0n) is 12.6. The fourth-order valence-corrected chi connectivity index (χ4v) is 2.01. The van der Waals surface area contributed by atoms with Gasteiger partial charge in [0.2, 0.25) is 0 Å². The van der Waals surface area contributed by atoms with Crippen LogP contribution in [-0.2, 0) is 4.79 Å². The average molecular weight is 284 g/mol. The van der Waals surface area contributed by atoms with Gasteiger partial charge in [-0.25, -0.2) is 4.79 Å². The van der Waals surface area contributed by atoms with E-state index in [0.717, 1.165) is 11.8 Å². The first-order valence-electron chi connectivity index (χ1n) is 6.63. The summed E-state index contributed by atoms with van der Waals surface area (Å²) in [5, 5.41) is 18.0. The number of rotatable bonds is 5. The molecule has 0 aromatic heterocycles. The highest BCUT2D eigenvalue weighted by molar-refractivity contribution is 5.85. The summed E-state index contributed by atoms with van der Waals surface area (Å²) in [5.41, 5.74) is 1.86. The van der Waals surface area contributed by atoms with Crippen LogP contribution in [0.25, 0.3) is 6.08 Å². The fraction of sp³-hybridized carbons (Fsp3) is 0.294. The molecule has 0 amide bonds.